The number of hydrogen-bond donors (Lipinski definition) is 0. The molecular weight excluding hydrogens is 494 g/mol. The first-order valence-electron chi connectivity index (χ1n) is 13.0. The van der Waals surface area contributed by atoms with Crippen LogP contribution in [0, 0.1) is 0 Å². The summed E-state index contributed by atoms with van der Waals surface area (Å²) in [6, 6.07) is 21.5. The molecule has 200 valence electrons. The largest absolute Gasteiger partial charge is 0.456 e. The van der Waals surface area contributed by atoms with Gasteiger partial charge in [0.25, 0.3) is 0 Å². The summed E-state index contributed by atoms with van der Waals surface area (Å²) in [5.74, 6) is -0.478. The standard InChI is InChI=1S/C30H31N5O4/c1-30(2,3)39-28(36)20-16-21(32-33-31)18-22(17-20)34-12-14-35(15-13-34)29(37)38-19-27-25-10-6-4-8-23(25)24-9-5-7-11-26(24)27/h4-11,16-18,27H,12-15,19H2,1-3H3. The predicted molar refractivity (Wildman–Crippen MR) is 149 cm³/mol. The lowest BCUT2D eigenvalue weighted by atomic mass is 9.98. The Hall–Kier alpha value is -4.49. The van der Waals surface area contributed by atoms with Gasteiger partial charge in [0.05, 0.1) is 5.56 Å². The number of ether oxygens (including phenoxy) is 2. The van der Waals surface area contributed by atoms with Gasteiger partial charge in [-0.1, -0.05) is 53.6 Å². The van der Waals surface area contributed by atoms with Gasteiger partial charge in [-0.05, 0) is 66.8 Å². The number of hydrogen-bond acceptors (Lipinski definition) is 6. The first-order valence-corrected chi connectivity index (χ1v) is 13.0. The Morgan fingerprint density at radius 2 is 1.56 bits per heavy atom. The third-order valence-electron chi connectivity index (χ3n) is 6.94. The molecule has 0 bridgehead atoms. The molecule has 9 heteroatoms. The van der Waals surface area contributed by atoms with E-state index in [9.17, 15) is 9.59 Å². The van der Waals surface area contributed by atoms with Crippen LogP contribution in [0.4, 0.5) is 16.2 Å². The summed E-state index contributed by atoms with van der Waals surface area (Å²) in [4.78, 5) is 32.3. The molecule has 0 aromatic heterocycles. The number of esters is 1. The van der Waals surface area contributed by atoms with E-state index in [1.54, 1.807) is 37.8 Å². The van der Waals surface area contributed by atoms with E-state index in [4.69, 9.17) is 15.0 Å². The third-order valence-corrected chi connectivity index (χ3v) is 6.94. The van der Waals surface area contributed by atoms with Crippen LogP contribution in [0.2, 0.25) is 0 Å². The molecule has 0 N–H and O–H groups in total. The minimum absolute atomic E-state index is 0.0114. The quantitative estimate of drug-likeness (QED) is 0.160. The lowest BCUT2D eigenvalue weighted by molar-refractivity contribution is 0.00695. The Balaban J connectivity index is 1.23. The SMILES string of the molecule is CC(C)(C)OC(=O)c1cc(N=[N+]=[N-])cc(N2CCN(C(=O)OCC3c4ccccc4-c4ccccc43)CC2)c1. The first-order chi connectivity index (χ1) is 18.7. The Bertz CT molecular complexity index is 1400. The van der Waals surface area contributed by atoms with Crippen LogP contribution in [0.3, 0.4) is 0 Å². The van der Waals surface area contributed by atoms with Crippen molar-refractivity contribution in [1.82, 2.24) is 4.90 Å². The molecule has 1 amide bonds. The Labute approximate surface area is 227 Å². The molecule has 39 heavy (non-hydrogen) atoms. The lowest BCUT2D eigenvalue weighted by Gasteiger charge is -2.36. The number of azide groups is 1. The van der Waals surface area contributed by atoms with Crippen LogP contribution < -0.4 is 4.90 Å². The number of rotatable bonds is 5. The molecule has 1 aliphatic heterocycles. The van der Waals surface area contributed by atoms with Crippen molar-refractivity contribution in [3.63, 3.8) is 0 Å². The summed E-state index contributed by atoms with van der Waals surface area (Å²) >= 11 is 0. The maximum absolute atomic E-state index is 13.0. The van der Waals surface area contributed by atoms with Crippen LogP contribution in [0.25, 0.3) is 21.6 Å². The fourth-order valence-corrected chi connectivity index (χ4v) is 5.17. The minimum Gasteiger partial charge on any atom is -0.456 e. The van der Waals surface area contributed by atoms with E-state index in [1.165, 1.54) is 28.3 Å². The number of fused-ring (bicyclic) bond motifs is 3. The van der Waals surface area contributed by atoms with Gasteiger partial charge in [-0.25, -0.2) is 9.59 Å². The highest BCUT2D eigenvalue weighted by atomic mass is 16.6. The van der Waals surface area contributed by atoms with E-state index < -0.39 is 11.6 Å². The molecule has 1 fully saturated rings. The molecular formula is C30H31N5O4. The van der Waals surface area contributed by atoms with E-state index in [1.807, 2.05) is 24.3 Å². The van der Waals surface area contributed by atoms with Gasteiger partial charge >= 0.3 is 12.1 Å². The first kappa shape index (κ1) is 26.1. The second-order valence-electron chi connectivity index (χ2n) is 10.7. The van der Waals surface area contributed by atoms with Crippen LogP contribution in [0.1, 0.15) is 48.2 Å². The van der Waals surface area contributed by atoms with Gasteiger partial charge in [0, 0.05) is 48.4 Å². The van der Waals surface area contributed by atoms with Crippen molar-refractivity contribution in [2.75, 3.05) is 37.7 Å². The topological polar surface area (TPSA) is 108 Å². The summed E-state index contributed by atoms with van der Waals surface area (Å²) in [6.07, 6.45) is -0.339. The molecule has 0 spiro atoms. The normalized spacial score (nSPS) is 14.7. The molecule has 3 aromatic carbocycles. The molecule has 0 saturated carbocycles. The van der Waals surface area contributed by atoms with E-state index in [2.05, 4.69) is 39.2 Å². The molecule has 1 heterocycles. The average Bonchev–Trinajstić information content (AvgIpc) is 3.24. The summed E-state index contributed by atoms with van der Waals surface area (Å²) in [7, 11) is 0. The van der Waals surface area contributed by atoms with Crippen LogP contribution >= 0.6 is 0 Å². The molecule has 1 saturated heterocycles. The number of carbonyl (C=O) groups excluding carboxylic acids is 2. The van der Waals surface area contributed by atoms with Crippen LogP contribution in [0.15, 0.2) is 71.8 Å². The Morgan fingerprint density at radius 1 is 0.949 bits per heavy atom. The molecule has 9 nitrogen and oxygen atoms in total. The van der Waals surface area contributed by atoms with Crippen molar-refractivity contribution in [3.8, 4) is 11.1 Å². The fourth-order valence-electron chi connectivity index (χ4n) is 5.17. The summed E-state index contributed by atoms with van der Waals surface area (Å²) in [6.45, 7) is 7.67. The van der Waals surface area contributed by atoms with Crippen LogP contribution in [0.5, 0.6) is 0 Å². The highest BCUT2D eigenvalue weighted by Crippen LogP contribution is 2.44. The smallest absolute Gasteiger partial charge is 0.409 e. The van der Waals surface area contributed by atoms with Crippen molar-refractivity contribution in [3.05, 3.63) is 93.9 Å². The van der Waals surface area contributed by atoms with Crippen molar-refractivity contribution in [2.24, 2.45) is 5.11 Å². The maximum atomic E-state index is 13.0. The Morgan fingerprint density at radius 3 is 2.15 bits per heavy atom. The van der Waals surface area contributed by atoms with Gasteiger partial charge in [0.2, 0.25) is 0 Å². The van der Waals surface area contributed by atoms with Crippen molar-refractivity contribution in [2.45, 2.75) is 32.3 Å². The van der Waals surface area contributed by atoms with Crippen LogP contribution in [-0.4, -0.2) is 55.3 Å². The van der Waals surface area contributed by atoms with Crippen molar-refractivity contribution >= 4 is 23.4 Å². The molecule has 1 aliphatic carbocycles. The van der Waals surface area contributed by atoms with E-state index in [0.29, 0.717) is 37.4 Å². The minimum atomic E-state index is -0.652. The highest BCUT2D eigenvalue weighted by Gasteiger charge is 2.30. The number of carbonyl (C=O) groups is 2. The highest BCUT2D eigenvalue weighted by molar-refractivity contribution is 5.92. The number of anilines is 1. The second kappa shape index (κ2) is 10.7. The molecule has 5 rings (SSSR count). The van der Waals surface area contributed by atoms with Crippen molar-refractivity contribution in [1.29, 1.82) is 0 Å². The summed E-state index contributed by atoms with van der Waals surface area (Å²) in [5, 5.41) is 3.70. The van der Waals surface area contributed by atoms with Gasteiger partial charge in [-0.3, -0.25) is 0 Å². The predicted octanol–water partition coefficient (Wildman–Crippen LogP) is 6.65. The van der Waals surface area contributed by atoms with Gasteiger partial charge in [0.1, 0.15) is 12.2 Å². The summed E-state index contributed by atoms with van der Waals surface area (Å²) in [5.41, 5.74) is 14.4. The summed E-state index contributed by atoms with van der Waals surface area (Å²) < 4.78 is 11.3. The number of benzene rings is 3. The molecule has 0 radical (unpaired) electrons. The molecule has 0 unspecified atom stereocenters. The zero-order valence-electron chi connectivity index (χ0n) is 22.3. The van der Waals surface area contributed by atoms with E-state index in [0.717, 1.165) is 5.69 Å². The monoisotopic (exact) mass is 525 g/mol. The van der Waals surface area contributed by atoms with Gasteiger partial charge in [-0.15, -0.1) is 0 Å². The third kappa shape index (κ3) is 5.68. The average molecular weight is 526 g/mol. The van der Waals surface area contributed by atoms with Crippen molar-refractivity contribution < 1.29 is 19.1 Å². The fraction of sp³-hybridized carbons (Fsp3) is 0.333. The van der Waals surface area contributed by atoms with E-state index in [-0.39, 0.29) is 18.6 Å². The second-order valence-corrected chi connectivity index (χ2v) is 10.7. The van der Waals surface area contributed by atoms with Gasteiger partial charge in [-0.2, -0.15) is 0 Å². The van der Waals surface area contributed by atoms with E-state index >= 15 is 0 Å². The zero-order valence-corrected chi connectivity index (χ0v) is 22.3. The molecule has 2 aliphatic rings. The number of piperazine rings is 1. The number of amides is 1. The molecule has 3 aromatic rings. The number of nitrogens with zero attached hydrogens (tertiary/aromatic N) is 5. The van der Waals surface area contributed by atoms with Gasteiger partial charge in [0.15, 0.2) is 0 Å². The maximum Gasteiger partial charge on any atom is 0.409 e. The Kier molecular flexibility index (Phi) is 7.17. The van der Waals surface area contributed by atoms with Crippen LogP contribution in [-0.2, 0) is 9.47 Å². The zero-order chi connectivity index (χ0) is 27.6. The van der Waals surface area contributed by atoms with Gasteiger partial charge < -0.3 is 19.3 Å². The molecule has 0 atom stereocenters. The lowest BCUT2D eigenvalue weighted by Crippen LogP contribution is -2.49.